The molecule has 0 aliphatic carbocycles. The van der Waals surface area contributed by atoms with Crippen LogP contribution in [0.5, 0.6) is 0 Å². The highest BCUT2D eigenvalue weighted by Gasteiger charge is 2.39. The average Bonchev–Trinajstić information content (AvgIpc) is 2.32. The van der Waals surface area contributed by atoms with Crippen LogP contribution in [-0.2, 0) is 4.74 Å². The van der Waals surface area contributed by atoms with E-state index < -0.39 is 12.2 Å². The zero-order valence-corrected chi connectivity index (χ0v) is 7.31. The molecule has 0 saturated carbocycles. The molecular formula is C7H16BNO3. The van der Waals surface area contributed by atoms with Crippen LogP contribution in [0.2, 0.25) is 0 Å². The Labute approximate surface area is 73.1 Å². The second-order valence-electron chi connectivity index (χ2n) is 3.29. The smallest absolute Gasteiger partial charge is 0.139 e. The molecule has 0 aromatic rings. The second kappa shape index (κ2) is 4.23. The summed E-state index contributed by atoms with van der Waals surface area (Å²) in [5.41, 5.74) is 5.39. The molecule has 4 atom stereocenters. The lowest BCUT2D eigenvalue weighted by atomic mass is 9.82. The van der Waals surface area contributed by atoms with Crippen LogP contribution in [0.25, 0.3) is 0 Å². The number of hydrogen-bond donors (Lipinski definition) is 3. The predicted octanol–water partition coefficient (Wildman–Crippen LogP) is -2.34. The molecule has 1 heterocycles. The van der Waals surface area contributed by atoms with E-state index in [1.54, 1.807) is 0 Å². The van der Waals surface area contributed by atoms with Gasteiger partial charge in [-0.05, 0) is 13.0 Å². The quantitative estimate of drug-likeness (QED) is 0.418. The van der Waals surface area contributed by atoms with Crippen LogP contribution in [0.15, 0.2) is 0 Å². The summed E-state index contributed by atoms with van der Waals surface area (Å²) in [5, 5.41) is 18.4. The Hall–Kier alpha value is -0.0951. The van der Waals surface area contributed by atoms with Gasteiger partial charge in [0.25, 0.3) is 0 Å². The first-order chi connectivity index (χ1) is 5.70. The molecule has 0 radical (unpaired) electrons. The van der Waals surface area contributed by atoms with Crippen molar-refractivity contribution >= 4 is 7.85 Å². The third kappa shape index (κ3) is 1.80. The molecule has 0 aromatic carbocycles. The Morgan fingerprint density at radius 2 is 2.17 bits per heavy atom. The maximum absolute atomic E-state index is 9.61. The van der Waals surface area contributed by atoms with Crippen LogP contribution in [0, 0.1) is 5.92 Å². The molecule has 1 rings (SSSR count). The molecule has 1 aliphatic rings. The molecule has 4 N–H and O–H groups in total. The minimum Gasteiger partial charge on any atom is -0.394 e. The van der Waals surface area contributed by atoms with E-state index in [-0.39, 0.29) is 18.5 Å². The van der Waals surface area contributed by atoms with E-state index in [9.17, 15) is 5.11 Å². The van der Waals surface area contributed by atoms with Gasteiger partial charge in [-0.2, -0.15) is 0 Å². The minimum absolute atomic E-state index is 0.000648. The van der Waals surface area contributed by atoms with Crippen molar-refractivity contribution in [3.05, 3.63) is 0 Å². The lowest BCUT2D eigenvalue weighted by molar-refractivity contribution is -0.00515. The van der Waals surface area contributed by atoms with Crippen LogP contribution < -0.4 is 5.73 Å². The van der Waals surface area contributed by atoms with E-state index in [1.807, 2.05) is 7.85 Å². The number of aliphatic hydroxyl groups is 2. The number of ether oxygens (including phenoxy) is 1. The number of nitrogens with two attached hydrogens (primary N) is 1. The molecule has 12 heavy (non-hydrogen) atoms. The monoisotopic (exact) mass is 173 g/mol. The Morgan fingerprint density at radius 1 is 1.50 bits per heavy atom. The normalized spacial score (nSPS) is 41.9. The Kier molecular flexibility index (Phi) is 3.52. The van der Waals surface area contributed by atoms with Gasteiger partial charge in [-0.1, -0.05) is 0 Å². The fraction of sp³-hybridized carbons (Fsp3) is 1.00. The number of hydrogen-bond acceptors (Lipinski definition) is 4. The number of aliphatic hydroxyl groups excluding tert-OH is 2. The van der Waals surface area contributed by atoms with Crippen LogP contribution in [0.1, 0.15) is 6.42 Å². The van der Waals surface area contributed by atoms with Crippen molar-refractivity contribution in [2.45, 2.75) is 24.6 Å². The number of rotatable bonds is 3. The summed E-state index contributed by atoms with van der Waals surface area (Å²) < 4.78 is 5.33. The van der Waals surface area contributed by atoms with Gasteiger partial charge in [-0.15, -0.1) is 0 Å². The van der Waals surface area contributed by atoms with Gasteiger partial charge >= 0.3 is 0 Å². The van der Waals surface area contributed by atoms with E-state index in [0.717, 1.165) is 6.42 Å². The van der Waals surface area contributed by atoms with Crippen LogP contribution in [-0.4, -0.2) is 49.4 Å². The van der Waals surface area contributed by atoms with Gasteiger partial charge in [0.2, 0.25) is 0 Å². The molecule has 1 saturated heterocycles. The second-order valence-corrected chi connectivity index (χ2v) is 3.29. The maximum atomic E-state index is 9.61. The molecule has 0 amide bonds. The standard InChI is InChI=1S/C7H16BNO3/c8-7-4(1-2-9)6(11)5(3-10)12-7/h4-7,10-11H,1-3,8-9H2. The highest BCUT2D eigenvalue weighted by molar-refractivity contribution is 6.11. The van der Waals surface area contributed by atoms with Crippen molar-refractivity contribution in [3.8, 4) is 0 Å². The summed E-state index contributed by atoms with van der Waals surface area (Å²) in [6.07, 6.45) is -0.233. The van der Waals surface area contributed by atoms with E-state index in [4.69, 9.17) is 15.6 Å². The highest BCUT2D eigenvalue weighted by atomic mass is 16.5. The van der Waals surface area contributed by atoms with Crippen molar-refractivity contribution < 1.29 is 14.9 Å². The molecule has 1 aliphatic heterocycles. The first-order valence-electron chi connectivity index (χ1n) is 4.35. The molecule has 0 bridgehead atoms. The van der Waals surface area contributed by atoms with Gasteiger partial charge < -0.3 is 20.7 Å². The summed E-state index contributed by atoms with van der Waals surface area (Å²) >= 11 is 0. The van der Waals surface area contributed by atoms with Crippen molar-refractivity contribution in [1.82, 2.24) is 0 Å². The summed E-state index contributed by atoms with van der Waals surface area (Å²) in [6, 6.07) is 0.000648. The Bertz CT molecular complexity index is 147. The first-order valence-corrected chi connectivity index (χ1v) is 4.35. The van der Waals surface area contributed by atoms with Gasteiger partial charge in [0.1, 0.15) is 14.0 Å². The average molecular weight is 173 g/mol. The van der Waals surface area contributed by atoms with Gasteiger partial charge in [-0.25, -0.2) is 0 Å². The minimum atomic E-state index is -0.562. The van der Waals surface area contributed by atoms with E-state index in [2.05, 4.69) is 0 Å². The van der Waals surface area contributed by atoms with Crippen molar-refractivity contribution in [1.29, 1.82) is 0 Å². The zero-order chi connectivity index (χ0) is 9.14. The molecule has 4 unspecified atom stereocenters. The van der Waals surface area contributed by atoms with Gasteiger partial charge in [0, 0.05) is 11.9 Å². The van der Waals surface area contributed by atoms with Gasteiger partial charge in [0.05, 0.1) is 12.7 Å². The largest absolute Gasteiger partial charge is 0.394 e. The SMILES string of the molecule is BC1OC(CO)C(O)C1CCN. The van der Waals surface area contributed by atoms with Crippen molar-refractivity contribution in [3.63, 3.8) is 0 Å². The topological polar surface area (TPSA) is 75.7 Å². The molecule has 4 nitrogen and oxygen atoms in total. The lowest BCUT2D eigenvalue weighted by Crippen LogP contribution is -2.31. The fourth-order valence-corrected chi connectivity index (χ4v) is 1.76. The van der Waals surface area contributed by atoms with Crippen LogP contribution in [0.3, 0.4) is 0 Å². The van der Waals surface area contributed by atoms with E-state index >= 15 is 0 Å². The summed E-state index contributed by atoms with van der Waals surface area (Å²) in [5.74, 6) is 0.0761. The lowest BCUT2D eigenvalue weighted by Gasteiger charge is -2.16. The Morgan fingerprint density at radius 3 is 2.58 bits per heavy atom. The highest BCUT2D eigenvalue weighted by Crippen LogP contribution is 2.27. The first kappa shape index (κ1) is 9.99. The molecule has 5 heteroatoms. The molecule has 70 valence electrons. The summed E-state index contributed by atoms with van der Waals surface area (Å²) in [6.45, 7) is 0.431. The predicted molar refractivity (Wildman–Crippen MR) is 47.5 cm³/mol. The summed E-state index contributed by atoms with van der Waals surface area (Å²) in [7, 11) is 1.90. The summed E-state index contributed by atoms with van der Waals surface area (Å²) in [4.78, 5) is 0. The third-order valence-corrected chi connectivity index (χ3v) is 2.49. The maximum Gasteiger partial charge on any atom is 0.139 e. The van der Waals surface area contributed by atoms with Crippen molar-refractivity contribution in [2.24, 2.45) is 11.7 Å². The van der Waals surface area contributed by atoms with Gasteiger partial charge in [0.15, 0.2) is 0 Å². The van der Waals surface area contributed by atoms with Crippen LogP contribution >= 0.6 is 0 Å². The fourth-order valence-electron chi connectivity index (χ4n) is 1.76. The molecular weight excluding hydrogens is 157 g/mol. The van der Waals surface area contributed by atoms with E-state index in [1.165, 1.54) is 0 Å². The van der Waals surface area contributed by atoms with E-state index in [0.29, 0.717) is 6.54 Å². The third-order valence-electron chi connectivity index (χ3n) is 2.49. The zero-order valence-electron chi connectivity index (χ0n) is 7.31. The molecule has 0 spiro atoms. The molecule has 1 fully saturated rings. The molecule has 0 aromatic heterocycles. The van der Waals surface area contributed by atoms with Crippen molar-refractivity contribution in [2.75, 3.05) is 13.2 Å². The Balaban J connectivity index is 2.51. The van der Waals surface area contributed by atoms with Crippen LogP contribution in [0.4, 0.5) is 0 Å². The van der Waals surface area contributed by atoms with Gasteiger partial charge in [-0.3, -0.25) is 0 Å².